The molecule has 1 aromatic carbocycles. The van der Waals surface area contributed by atoms with E-state index in [4.69, 9.17) is 16.3 Å². The zero-order chi connectivity index (χ0) is 15.4. The van der Waals surface area contributed by atoms with Crippen molar-refractivity contribution >= 4 is 23.4 Å². The molecule has 0 aromatic heterocycles. The van der Waals surface area contributed by atoms with Crippen LogP contribution in [0.3, 0.4) is 0 Å². The minimum Gasteiger partial charge on any atom is -1.00 e. The molecule has 2 N–H and O–H groups in total. The van der Waals surface area contributed by atoms with Crippen LogP contribution in [0.15, 0.2) is 18.2 Å². The predicted molar refractivity (Wildman–Crippen MR) is 85.1 cm³/mol. The summed E-state index contributed by atoms with van der Waals surface area (Å²) >= 11 is 6.11. The van der Waals surface area contributed by atoms with Crippen LogP contribution in [0.5, 0.6) is 0 Å². The molecule has 2 atom stereocenters. The molecule has 1 aromatic rings. The van der Waals surface area contributed by atoms with Gasteiger partial charge in [0, 0.05) is 6.42 Å². The predicted octanol–water partition coefficient (Wildman–Crippen LogP) is -0.343. The SMILES string of the molecule is Cc1cccc(Cl)c1NC(=O)OC1CCC[NH+](C(C)C)C1.[Cl-]. The molecule has 1 heterocycles. The molecule has 124 valence electrons. The Kier molecular flexibility index (Phi) is 7.46. The number of quaternary nitrogens is 1. The molecule has 6 heteroatoms. The van der Waals surface area contributed by atoms with Crippen LogP contribution in [0.4, 0.5) is 10.5 Å². The van der Waals surface area contributed by atoms with Gasteiger partial charge in [0.05, 0.1) is 23.3 Å². The van der Waals surface area contributed by atoms with E-state index >= 15 is 0 Å². The van der Waals surface area contributed by atoms with Crippen molar-refractivity contribution in [3.63, 3.8) is 0 Å². The maximum atomic E-state index is 12.1. The Morgan fingerprint density at radius 2 is 2.18 bits per heavy atom. The molecule has 4 nitrogen and oxygen atoms in total. The number of rotatable bonds is 3. The highest BCUT2D eigenvalue weighted by atomic mass is 35.5. The number of piperidine rings is 1. The molecule has 2 rings (SSSR count). The first-order valence-corrected chi connectivity index (χ1v) is 7.92. The standard InChI is InChI=1S/C16H23ClN2O2.ClH/c1-11(2)19-9-5-7-13(10-19)21-16(20)18-15-12(3)6-4-8-14(15)17;/h4,6,8,11,13H,5,7,9-10H2,1-3H3,(H,18,20);1H. The van der Waals surface area contributed by atoms with Crippen molar-refractivity contribution in [3.05, 3.63) is 28.8 Å². The van der Waals surface area contributed by atoms with Crippen molar-refractivity contribution in [2.75, 3.05) is 18.4 Å². The van der Waals surface area contributed by atoms with Gasteiger partial charge in [-0.25, -0.2) is 4.79 Å². The molecule has 2 unspecified atom stereocenters. The smallest absolute Gasteiger partial charge is 0.412 e. The second-order valence-corrected chi connectivity index (χ2v) is 6.40. The number of halogens is 2. The number of ether oxygens (including phenoxy) is 1. The Labute approximate surface area is 143 Å². The van der Waals surface area contributed by atoms with Gasteiger partial charge in [-0.15, -0.1) is 0 Å². The van der Waals surface area contributed by atoms with Crippen molar-refractivity contribution in [2.24, 2.45) is 0 Å². The topological polar surface area (TPSA) is 42.8 Å². The van der Waals surface area contributed by atoms with Crippen LogP contribution < -0.4 is 22.6 Å². The van der Waals surface area contributed by atoms with E-state index in [2.05, 4.69) is 19.2 Å². The lowest BCUT2D eigenvalue weighted by atomic mass is 10.1. The molecule has 0 aliphatic carbocycles. The number of benzene rings is 1. The van der Waals surface area contributed by atoms with E-state index in [0.717, 1.165) is 31.5 Å². The molecule has 1 aliphatic heterocycles. The Morgan fingerprint density at radius 3 is 2.82 bits per heavy atom. The molecule has 1 aliphatic rings. The zero-order valence-electron chi connectivity index (χ0n) is 13.3. The lowest BCUT2D eigenvalue weighted by Gasteiger charge is -2.32. The van der Waals surface area contributed by atoms with Gasteiger partial charge in [0.25, 0.3) is 0 Å². The van der Waals surface area contributed by atoms with Crippen LogP contribution >= 0.6 is 11.6 Å². The van der Waals surface area contributed by atoms with Crippen LogP contribution in [0, 0.1) is 6.92 Å². The summed E-state index contributed by atoms with van der Waals surface area (Å²) < 4.78 is 5.56. The van der Waals surface area contributed by atoms with E-state index in [9.17, 15) is 4.79 Å². The first kappa shape index (κ1) is 19.1. The molecule has 0 bridgehead atoms. The molecule has 22 heavy (non-hydrogen) atoms. The fraction of sp³-hybridized carbons (Fsp3) is 0.562. The van der Waals surface area contributed by atoms with Crippen molar-refractivity contribution in [3.8, 4) is 0 Å². The van der Waals surface area contributed by atoms with E-state index in [1.807, 2.05) is 19.1 Å². The molecular formula is C16H24Cl2N2O2. The average Bonchev–Trinajstić information content (AvgIpc) is 2.43. The average molecular weight is 347 g/mol. The third-order valence-corrected chi connectivity index (χ3v) is 4.37. The lowest BCUT2D eigenvalue weighted by molar-refractivity contribution is -0.929. The van der Waals surface area contributed by atoms with Gasteiger partial charge in [-0.2, -0.15) is 0 Å². The van der Waals surface area contributed by atoms with Gasteiger partial charge in [-0.05, 0) is 38.8 Å². The second kappa shape index (κ2) is 8.61. The van der Waals surface area contributed by atoms with Gasteiger partial charge in [-0.3, -0.25) is 5.32 Å². The van der Waals surface area contributed by atoms with Crippen LogP contribution in [-0.4, -0.2) is 31.3 Å². The summed E-state index contributed by atoms with van der Waals surface area (Å²) in [4.78, 5) is 13.6. The van der Waals surface area contributed by atoms with E-state index in [0.29, 0.717) is 16.8 Å². The van der Waals surface area contributed by atoms with Gasteiger partial charge >= 0.3 is 6.09 Å². The Morgan fingerprint density at radius 1 is 1.45 bits per heavy atom. The van der Waals surface area contributed by atoms with Gasteiger partial charge < -0.3 is 22.0 Å². The summed E-state index contributed by atoms with van der Waals surface area (Å²) in [5.41, 5.74) is 1.56. The molecule has 1 fully saturated rings. The van der Waals surface area contributed by atoms with Gasteiger partial charge in [0.1, 0.15) is 6.54 Å². The number of hydrogen-bond acceptors (Lipinski definition) is 2. The van der Waals surface area contributed by atoms with Gasteiger partial charge in [0.15, 0.2) is 6.10 Å². The highest BCUT2D eigenvalue weighted by Crippen LogP contribution is 2.25. The second-order valence-electron chi connectivity index (χ2n) is 5.99. The van der Waals surface area contributed by atoms with E-state index in [1.165, 1.54) is 4.90 Å². The number of carbonyl (C=O) groups is 1. The van der Waals surface area contributed by atoms with E-state index in [1.54, 1.807) is 6.07 Å². The molecule has 1 amide bonds. The van der Waals surface area contributed by atoms with Gasteiger partial charge in [0.2, 0.25) is 0 Å². The van der Waals surface area contributed by atoms with Crippen LogP contribution in [0.2, 0.25) is 5.02 Å². The van der Waals surface area contributed by atoms with E-state index < -0.39 is 6.09 Å². The summed E-state index contributed by atoms with van der Waals surface area (Å²) in [5.74, 6) is 0. The Bertz CT molecular complexity index is 489. The highest BCUT2D eigenvalue weighted by molar-refractivity contribution is 6.33. The summed E-state index contributed by atoms with van der Waals surface area (Å²) in [6.45, 7) is 8.35. The Hall–Kier alpha value is -0.970. The third kappa shape index (κ3) is 5.04. The first-order chi connectivity index (χ1) is 9.97. The zero-order valence-corrected chi connectivity index (χ0v) is 14.8. The molecule has 0 spiro atoms. The van der Waals surface area contributed by atoms with E-state index in [-0.39, 0.29) is 18.5 Å². The number of nitrogens with one attached hydrogen (secondary N) is 2. The number of carbonyl (C=O) groups excluding carboxylic acids is 1. The van der Waals surface area contributed by atoms with Gasteiger partial charge in [-0.1, -0.05) is 23.7 Å². The van der Waals surface area contributed by atoms with Crippen molar-refractivity contribution in [2.45, 2.75) is 45.8 Å². The van der Waals surface area contributed by atoms with Crippen molar-refractivity contribution in [1.82, 2.24) is 0 Å². The number of likely N-dealkylation sites (tertiary alicyclic amines) is 1. The Balaban J connectivity index is 0.00000242. The highest BCUT2D eigenvalue weighted by Gasteiger charge is 2.27. The summed E-state index contributed by atoms with van der Waals surface area (Å²) in [7, 11) is 0. The largest absolute Gasteiger partial charge is 1.00 e. The quantitative estimate of drug-likeness (QED) is 0.786. The monoisotopic (exact) mass is 346 g/mol. The number of anilines is 1. The fourth-order valence-corrected chi connectivity index (χ4v) is 3.02. The number of para-hydroxylation sites is 1. The molecular weight excluding hydrogens is 323 g/mol. The summed E-state index contributed by atoms with van der Waals surface area (Å²) in [6, 6.07) is 6.09. The summed E-state index contributed by atoms with van der Waals surface area (Å²) in [6.07, 6.45) is 1.60. The number of hydrogen-bond donors (Lipinski definition) is 2. The van der Waals surface area contributed by atoms with Crippen molar-refractivity contribution in [1.29, 1.82) is 0 Å². The minimum atomic E-state index is -0.416. The van der Waals surface area contributed by atoms with Crippen LogP contribution in [0.25, 0.3) is 0 Å². The fourth-order valence-electron chi connectivity index (χ4n) is 2.75. The van der Waals surface area contributed by atoms with Crippen LogP contribution in [0.1, 0.15) is 32.3 Å². The normalized spacial score (nSPS) is 21.1. The number of amides is 1. The lowest BCUT2D eigenvalue weighted by Crippen LogP contribution is -3.17. The first-order valence-electron chi connectivity index (χ1n) is 7.54. The van der Waals surface area contributed by atoms with Crippen LogP contribution in [-0.2, 0) is 4.74 Å². The molecule has 1 saturated heterocycles. The maximum absolute atomic E-state index is 12.1. The number of aryl methyl sites for hydroxylation is 1. The molecule has 0 saturated carbocycles. The summed E-state index contributed by atoms with van der Waals surface area (Å²) in [5, 5.41) is 3.30. The third-order valence-electron chi connectivity index (χ3n) is 4.05. The van der Waals surface area contributed by atoms with Crippen molar-refractivity contribution < 1.29 is 26.8 Å². The minimum absolute atomic E-state index is 0. The molecule has 0 radical (unpaired) electrons. The maximum Gasteiger partial charge on any atom is 0.412 e.